The SMILES string of the molecule is S=c1[nH]c2cccc(Cl)c2n1CCN1CCSCC1. The van der Waals surface area contributed by atoms with E-state index in [1.165, 1.54) is 24.6 Å². The predicted octanol–water partition coefficient (Wildman–Crippen LogP) is 3.40. The average molecular weight is 314 g/mol. The van der Waals surface area contributed by atoms with Crippen LogP contribution >= 0.6 is 35.6 Å². The van der Waals surface area contributed by atoms with Gasteiger partial charge >= 0.3 is 0 Å². The largest absolute Gasteiger partial charge is 0.331 e. The van der Waals surface area contributed by atoms with Crippen LogP contribution in [0.25, 0.3) is 11.0 Å². The van der Waals surface area contributed by atoms with Crippen LogP contribution in [0.15, 0.2) is 18.2 Å². The smallest absolute Gasteiger partial charge is 0.178 e. The molecule has 0 spiro atoms. The molecule has 1 aliphatic heterocycles. The summed E-state index contributed by atoms with van der Waals surface area (Å²) in [6, 6.07) is 5.88. The summed E-state index contributed by atoms with van der Waals surface area (Å²) in [5, 5.41) is 0.763. The van der Waals surface area contributed by atoms with Crippen molar-refractivity contribution in [2.45, 2.75) is 6.54 Å². The zero-order chi connectivity index (χ0) is 13.2. The molecular weight excluding hydrogens is 298 g/mol. The molecule has 1 fully saturated rings. The van der Waals surface area contributed by atoms with Gasteiger partial charge in [-0.05, 0) is 24.4 Å². The van der Waals surface area contributed by atoms with Crippen LogP contribution in [-0.2, 0) is 6.54 Å². The summed E-state index contributed by atoms with van der Waals surface area (Å²) in [5.41, 5.74) is 2.05. The fourth-order valence-corrected chi connectivity index (χ4v) is 4.00. The third kappa shape index (κ3) is 2.84. The molecule has 1 aromatic heterocycles. The Hall–Kier alpha value is -0.490. The van der Waals surface area contributed by atoms with Crippen molar-refractivity contribution in [1.82, 2.24) is 14.5 Å². The van der Waals surface area contributed by atoms with Gasteiger partial charge in [-0.2, -0.15) is 11.8 Å². The molecule has 2 aromatic rings. The van der Waals surface area contributed by atoms with Crippen molar-refractivity contribution in [3.63, 3.8) is 0 Å². The molecule has 1 aromatic carbocycles. The number of hydrogen-bond acceptors (Lipinski definition) is 3. The first-order valence-corrected chi connectivity index (χ1v) is 8.37. The second-order valence-electron chi connectivity index (χ2n) is 4.67. The summed E-state index contributed by atoms with van der Waals surface area (Å²) < 4.78 is 2.88. The van der Waals surface area contributed by atoms with Gasteiger partial charge in [0.2, 0.25) is 0 Å². The molecule has 0 aliphatic carbocycles. The Balaban J connectivity index is 1.84. The lowest BCUT2D eigenvalue weighted by molar-refractivity contribution is 0.290. The van der Waals surface area contributed by atoms with Gasteiger partial charge in [0.15, 0.2) is 4.77 Å². The number of imidazole rings is 1. The molecule has 0 unspecified atom stereocenters. The summed E-state index contributed by atoms with van der Waals surface area (Å²) in [6.45, 7) is 4.28. The van der Waals surface area contributed by atoms with E-state index in [1.54, 1.807) is 0 Å². The number of hydrogen-bond donors (Lipinski definition) is 1. The van der Waals surface area contributed by atoms with Crippen LogP contribution in [0.2, 0.25) is 5.02 Å². The molecule has 6 heteroatoms. The Morgan fingerprint density at radius 3 is 2.84 bits per heavy atom. The average Bonchev–Trinajstić information content (AvgIpc) is 2.75. The number of aromatic nitrogens is 2. The maximum Gasteiger partial charge on any atom is 0.178 e. The van der Waals surface area contributed by atoms with Crippen molar-refractivity contribution in [3.05, 3.63) is 28.0 Å². The van der Waals surface area contributed by atoms with E-state index in [-0.39, 0.29) is 0 Å². The zero-order valence-electron chi connectivity index (χ0n) is 10.6. The minimum Gasteiger partial charge on any atom is -0.331 e. The molecule has 3 rings (SSSR count). The van der Waals surface area contributed by atoms with E-state index >= 15 is 0 Å². The van der Waals surface area contributed by atoms with Crippen LogP contribution in [0, 0.1) is 4.77 Å². The maximum atomic E-state index is 6.29. The predicted molar refractivity (Wildman–Crippen MR) is 85.9 cm³/mol. The molecule has 0 bridgehead atoms. The zero-order valence-corrected chi connectivity index (χ0v) is 13.0. The molecule has 0 radical (unpaired) electrons. The molecule has 0 atom stereocenters. The van der Waals surface area contributed by atoms with Gasteiger partial charge in [-0.15, -0.1) is 0 Å². The number of thioether (sulfide) groups is 1. The molecule has 102 valence electrons. The molecule has 19 heavy (non-hydrogen) atoms. The summed E-state index contributed by atoms with van der Waals surface area (Å²) >= 11 is 13.7. The van der Waals surface area contributed by atoms with E-state index in [0.717, 1.165) is 33.9 Å². The highest BCUT2D eigenvalue weighted by molar-refractivity contribution is 7.99. The molecular formula is C13H16ClN3S2. The van der Waals surface area contributed by atoms with Crippen molar-refractivity contribution in [2.75, 3.05) is 31.1 Å². The number of benzene rings is 1. The van der Waals surface area contributed by atoms with Gasteiger partial charge in [-0.3, -0.25) is 4.90 Å². The Morgan fingerprint density at radius 1 is 1.26 bits per heavy atom. The van der Waals surface area contributed by atoms with E-state index in [4.69, 9.17) is 23.8 Å². The van der Waals surface area contributed by atoms with Crippen LogP contribution in [0.5, 0.6) is 0 Å². The Kier molecular flexibility index (Phi) is 4.17. The van der Waals surface area contributed by atoms with Crippen molar-refractivity contribution in [3.8, 4) is 0 Å². The first-order chi connectivity index (χ1) is 9.25. The highest BCUT2D eigenvalue weighted by atomic mass is 35.5. The number of nitrogens with one attached hydrogen (secondary N) is 1. The standard InChI is InChI=1S/C13H16ClN3S2/c14-10-2-1-3-11-12(10)17(13(18)15-11)5-4-16-6-8-19-9-7-16/h1-3H,4-9H2,(H,15,18). The van der Waals surface area contributed by atoms with E-state index in [0.29, 0.717) is 0 Å². The number of rotatable bonds is 3. The van der Waals surface area contributed by atoms with Crippen LogP contribution in [-0.4, -0.2) is 45.6 Å². The fraction of sp³-hybridized carbons (Fsp3) is 0.462. The highest BCUT2D eigenvalue weighted by Gasteiger charge is 2.12. The third-order valence-electron chi connectivity index (χ3n) is 3.49. The number of nitrogens with zero attached hydrogens (tertiary/aromatic N) is 2. The number of para-hydroxylation sites is 1. The van der Waals surface area contributed by atoms with Gasteiger partial charge in [-0.25, -0.2) is 0 Å². The van der Waals surface area contributed by atoms with Gasteiger partial charge in [0, 0.05) is 37.7 Å². The molecule has 1 N–H and O–H groups in total. The highest BCUT2D eigenvalue weighted by Crippen LogP contribution is 2.23. The van der Waals surface area contributed by atoms with Gasteiger partial charge in [0.1, 0.15) is 0 Å². The monoisotopic (exact) mass is 313 g/mol. The maximum absolute atomic E-state index is 6.29. The Labute approximate surface area is 126 Å². The number of aromatic amines is 1. The summed E-state index contributed by atoms with van der Waals surface area (Å²) in [5.74, 6) is 2.47. The van der Waals surface area contributed by atoms with Gasteiger partial charge in [-0.1, -0.05) is 17.7 Å². The lowest BCUT2D eigenvalue weighted by Gasteiger charge is -2.26. The van der Waals surface area contributed by atoms with E-state index in [1.807, 2.05) is 30.0 Å². The third-order valence-corrected chi connectivity index (χ3v) is 5.06. The molecule has 1 aliphatic rings. The van der Waals surface area contributed by atoms with Gasteiger partial charge < -0.3 is 9.55 Å². The summed E-state index contributed by atoms with van der Waals surface area (Å²) in [6.07, 6.45) is 0. The summed E-state index contributed by atoms with van der Waals surface area (Å²) in [4.78, 5) is 5.72. The fourth-order valence-electron chi connectivity index (χ4n) is 2.45. The lowest BCUT2D eigenvalue weighted by atomic mass is 10.3. The molecule has 0 amide bonds. The quantitative estimate of drug-likeness (QED) is 0.879. The first-order valence-electron chi connectivity index (χ1n) is 6.43. The van der Waals surface area contributed by atoms with Crippen molar-refractivity contribution in [1.29, 1.82) is 0 Å². The second-order valence-corrected chi connectivity index (χ2v) is 6.69. The minimum atomic E-state index is 0.759. The number of fused-ring (bicyclic) bond motifs is 1. The van der Waals surface area contributed by atoms with Crippen molar-refractivity contribution >= 4 is 46.6 Å². The van der Waals surface area contributed by atoms with Crippen molar-refractivity contribution in [2.24, 2.45) is 0 Å². The molecule has 2 heterocycles. The molecule has 0 saturated carbocycles. The summed E-state index contributed by atoms with van der Waals surface area (Å²) in [7, 11) is 0. The normalized spacial score (nSPS) is 17.1. The van der Waals surface area contributed by atoms with Crippen LogP contribution in [0.3, 0.4) is 0 Å². The lowest BCUT2D eigenvalue weighted by Crippen LogP contribution is -2.35. The van der Waals surface area contributed by atoms with Crippen LogP contribution in [0.4, 0.5) is 0 Å². The second kappa shape index (κ2) is 5.87. The van der Waals surface area contributed by atoms with Crippen LogP contribution in [0.1, 0.15) is 0 Å². The van der Waals surface area contributed by atoms with Crippen LogP contribution < -0.4 is 0 Å². The molecule has 1 saturated heterocycles. The Bertz CT molecular complexity index is 628. The van der Waals surface area contributed by atoms with E-state index < -0.39 is 0 Å². The van der Waals surface area contributed by atoms with Crippen molar-refractivity contribution < 1.29 is 0 Å². The van der Waals surface area contributed by atoms with Gasteiger partial charge in [0.25, 0.3) is 0 Å². The number of H-pyrrole nitrogens is 1. The first kappa shape index (κ1) is 13.5. The van der Waals surface area contributed by atoms with E-state index in [2.05, 4.69) is 14.5 Å². The molecule has 3 nitrogen and oxygen atoms in total. The Morgan fingerprint density at radius 2 is 2.05 bits per heavy atom. The number of halogens is 1. The minimum absolute atomic E-state index is 0.759. The topological polar surface area (TPSA) is 24.0 Å². The van der Waals surface area contributed by atoms with Gasteiger partial charge in [0.05, 0.1) is 16.1 Å². The van der Waals surface area contributed by atoms with E-state index in [9.17, 15) is 0 Å².